The SMILES string of the molecule is CCOC(=O)C(NCCOC)c1sccc1C. The van der Waals surface area contributed by atoms with Crippen LogP contribution in [0, 0.1) is 6.92 Å². The largest absolute Gasteiger partial charge is 0.465 e. The molecule has 0 aliphatic carbocycles. The Labute approximate surface area is 106 Å². The summed E-state index contributed by atoms with van der Waals surface area (Å²) in [5.41, 5.74) is 1.11. The first-order chi connectivity index (χ1) is 8.20. The number of carbonyl (C=O) groups excluding carboxylic acids is 1. The van der Waals surface area contributed by atoms with Crippen LogP contribution in [0.1, 0.15) is 23.4 Å². The molecule has 1 heterocycles. The van der Waals surface area contributed by atoms with Crippen LogP contribution in [0.3, 0.4) is 0 Å². The fraction of sp³-hybridized carbons (Fsp3) is 0.583. The summed E-state index contributed by atoms with van der Waals surface area (Å²) in [6.45, 7) is 5.39. The molecular weight excluding hydrogens is 238 g/mol. The zero-order valence-corrected chi connectivity index (χ0v) is 11.3. The Morgan fingerprint density at radius 1 is 1.59 bits per heavy atom. The van der Waals surface area contributed by atoms with Gasteiger partial charge in [0.25, 0.3) is 0 Å². The molecule has 1 aromatic rings. The fourth-order valence-electron chi connectivity index (χ4n) is 1.49. The fourth-order valence-corrected chi connectivity index (χ4v) is 2.48. The van der Waals surface area contributed by atoms with E-state index in [0.29, 0.717) is 19.8 Å². The van der Waals surface area contributed by atoms with Crippen molar-refractivity contribution in [1.29, 1.82) is 0 Å². The van der Waals surface area contributed by atoms with Crippen LogP contribution in [-0.4, -0.2) is 32.8 Å². The number of methoxy groups -OCH3 is 1. The van der Waals surface area contributed by atoms with E-state index in [-0.39, 0.29) is 12.0 Å². The second-order valence-electron chi connectivity index (χ2n) is 3.60. The predicted molar refractivity (Wildman–Crippen MR) is 68.3 cm³/mol. The first kappa shape index (κ1) is 14.2. The molecule has 0 amide bonds. The summed E-state index contributed by atoms with van der Waals surface area (Å²) in [5, 5.41) is 5.14. The molecule has 0 spiro atoms. The van der Waals surface area contributed by atoms with Crippen molar-refractivity contribution in [1.82, 2.24) is 5.32 Å². The minimum absolute atomic E-state index is 0.228. The van der Waals surface area contributed by atoms with Gasteiger partial charge in [-0.25, -0.2) is 4.79 Å². The summed E-state index contributed by atoms with van der Waals surface area (Å²) in [6, 6.07) is 1.62. The molecule has 0 bridgehead atoms. The zero-order chi connectivity index (χ0) is 12.7. The number of hydrogen-bond donors (Lipinski definition) is 1. The maximum absolute atomic E-state index is 11.9. The Morgan fingerprint density at radius 3 is 2.88 bits per heavy atom. The summed E-state index contributed by atoms with van der Waals surface area (Å²) >= 11 is 1.57. The zero-order valence-electron chi connectivity index (χ0n) is 10.5. The molecule has 0 fully saturated rings. The second-order valence-corrected chi connectivity index (χ2v) is 4.55. The average molecular weight is 257 g/mol. The van der Waals surface area contributed by atoms with E-state index in [0.717, 1.165) is 10.4 Å². The lowest BCUT2D eigenvalue weighted by molar-refractivity contribution is -0.145. The molecule has 0 saturated heterocycles. The van der Waals surface area contributed by atoms with Crippen molar-refractivity contribution in [3.05, 3.63) is 21.9 Å². The van der Waals surface area contributed by atoms with Gasteiger partial charge in [-0.1, -0.05) is 0 Å². The number of ether oxygens (including phenoxy) is 2. The number of rotatable bonds is 7. The highest BCUT2D eigenvalue weighted by Gasteiger charge is 2.23. The van der Waals surface area contributed by atoms with Gasteiger partial charge in [0, 0.05) is 18.5 Å². The van der Waals surface area contributed by atoms with Gasteiger partial charge in [-0.15, -0.1) is 11.3 Å². The molecule has 1 rings (SSSR count). The van der Waals surface area contributed by atoms with Crippen molar-refractivity contribution in [3.63, 3.8) is 0 Å². The van der Waals surface area contributed by atoms with Crippen LogP contribution in [0.15, 0.2) is 11.4 Å². The van der Waals surface area contributed by atoms with E-state index in [1.165, 1.54) is 0 Å². The monoisotopic (exact) mass is 257 g/mol. The highest BCUT2D eigenvalue weighted by molar-refractivity contribution is 7.10. The van der Waals surface area contributed by atoms with Gasteiger partial charge < -0.3 is 9.47 Å². The molecular formula is C12H19NO3S. The van der Waals surface area contributed by atoms with Crippen molar-refractivity contribution in [2.24, 2.45) is 0 Å². The van der Waals surface area contributed by atoms with Crippen molar-refractivity contribution < 1.29 is 14.3 Å². The van der Waals surface area contributed by atoms with E-state index in [2.05, 4.69) is 5.32 Å². The molecule has 1 atom stereocenters. The van der Waals surface area contributed by atoms with Crippen LogP contribution in [0.2, 0.25) is 0 Å². The van der Waals surface area contributed by atoms with Crippen LogP contribution >= 0.6 is 11.3 Å². The highest BCUT2D eigenvalue weighted by atomic mass is 32.1. The summed E-state index contributed by atoms with van der Waals surface area (Å²) in [4.78, 5) is 12.9. The van der Waals surface area contributed by atoms with Gasteiger partial charge in [-0.05, 0) is 30.9 Å². The third kappa shape index (κ3) is 4.11. The Kier molecular flexibility index (Phi) is 6.18. The molecule has 17 heavy (non-hydrogen) atoms. The molecule has 0 saturated carbocycles. The molecule has 5 heteroatoms. The van der Waals surface area contributed by atoms with Crippen molar-refractivity contribution in [2.75, 3.05) is 26.9 Å². The van der Waals surface area contributed by atoms with Gasteiger partial charge in [0.15, 0.2) is 0 Å². The second kappa shape index (κ2) is 7.42. The quantitative estimate of drug-likeness (QED) is 0.598. The lowest BCUT2D eigenvalue weighted by atomic mass is 10.1. The van der Waals surface area contributed by atoms with E-state index in [1.807, 2.05) is 25.3 Å². The van der Waals surface area contributed by atoms with Crippen molar-refractivity contribution in [3.8, 4) is 0 Å². The maximum Gasteiger partial charge on any atom is 0.328 e. The van der Waals surface area contributed by atoms with Crippen LogP contribution in [0.25, 0.3) is 0 Å². The molecule has 96 valence electrons. The van der Waals surface area contributed by atoms with Gasteiger partial charge in [-0.2, -0.15) is 0 Å². The molecule has 0 aliphatic heterocycles. The number of hydrogen-bond acceptors (Lipinski definition) is 5. The Bertz CT molecular complexity index is 351. The predicted octanol–water partition coefficient (Wildman–Crippen LogP) is 1.90. The lowest BCUT2D eigenvalue weighted by Crippen LogP contribution is -2.32. The van der Waals surface area contributed by atoms with E-state index < -0.39 is 0 Å². The van der Waals surface area contributed by atoms with E-state index in [9.17, 15) is 4.79 Å². The number of aryl methyl sites for hydroxylation is 1. The van der Waals surface area contributed by atoms with Crippen LogP contribution in [0.4, 0.5) is 0 Å². The normalized spacial score (nSPS) is 12.4. The van der Waals surface area contributed by atoms with Gasteiger partial charge in [0.05, 0.1) is 13.2 Å². The summed E-state index contributed by atoms with van der Waals surface area (Å²) in [5.74, 6) is -0.228. The molecule has 1 aromatic heterocycles. The van der Waals surface area contributed by atoms with E-state index in [4.69, 9.17) is 9.47 Å². The minimum Gasteiger partial charge on any atom is -0.465 e. The van der Waals surface area contributed by atoms with Crippen molar-refractivity contribution >= 4 is 17.3 Å². The third-order valence-corrected chi connectivity index (χ3v) is 3.42. The molecule has 0 radical (unpaired) electrons. The third-order valence-electron chi connectivity index (χ3n) is 2.34. The minimum atomic E-state index is -0.384. The van der Waals surface area contributed by atoms with Gasteiger partial charge in [0.1, 0.15) is 6.04 Å². The lowest BCUT2D eigenvalue weighted by Gasteiger charge is -2.16. The average Bonchev–Trinajstić information content (AvgIpc) is 2.71. The highest BCUT2D eigenvalue weighted by Crippen LogP contribution is 2.24. The number of nitrogens with one attached hydrogen (secondary N) is 1. The Balaban J connectivity index is 2.72. The summed E-state index contributed by atoms with van der Waals surface area (Å²) in [6.07, 6.45) is 0. The molecule has 1 N–H and O–H groups in total. The maximum atomic E-state index is 11.9. The topological polar surface area (TPSA) is 47.6 Å². The molecule has 0 aromatic carbocycles. The summed E-state index contributed by atoms with van der Waals surface area (Å²) in [7, 11) is 1.64. The molecule has 4 nitrogen and oxygen atoms in total. The number of thiophene rings is 1. The first-order valence-corrected chi connectivity index (χ1v) is 6.51. The van der Waals surface area contributed by atoms with Crippen LogP contribution in [0.5, 0.6) is 0 Å². The molecule has 0 aliphatic rings. The van der Waals surface area contributed by atoms with Crippen LogP contribution < -0.4 is 5.32 Å². The number of carbonyl (C=O) groups is 1. The molecule has 1 unspecified atom stereocenters. The smallest absolute Gasteiger partial charge is 0.328 e. The van der Waals surface area contributed by atoms with Gasteiger partial charge in [0.2, 0.25) is 0 Å². The Morgan fingerprint density at radius 2 is 2.35 bits per heavy atom. The first-order valence-electron chi connectivity index (χ1n) is 5.63. The standard InChI is InChI=1S/C12H19NO3S/c1-4-16-12(14)10(13-6-7-15-3)11-9(2)5-8-17-11/h5,8,10,13H,4,6-7H2,1-3H3. The Hall–Kier alpha value is -0.910. The van der Waals surface area contributed by atoms with Crippen LogP contribution in [-0.2, 0) is 14.3 Å². The van der Waals surface area contributed by atoms with Gasteiger partial charge in [-0.3, -0.25) is 5.32 Å². The van der Waals surface area contributed by atoms with E-state index >= 15 is 0 Å². The van der Waals surface area contributed by atoms with Gasteiger partial charge >= 0.3 is 5.97 Å². The number of esters is 1. The van der Waals surface area contributed by atoms with E-state index in [1.54, 1.807) is 18.4 Å². The van der Waals surface area contributed by atoms with Crippen molar-refractivity contribution in [2.45, 2.75) is 19.9 Å². The summed E-state index contributed by atoms with van der Waals surface area (Å²) < 4.78 is 10.0.